The van der Waals surface area contributed by atoms with Gasteiger partial charge in [-0.15, -0.1) is 0 Å². The van der Waals surface area contributed by atoms with Gasteiger partial charge < -0.3 is 5.32 Å². The average molecular weight is 260 g/mol. The molecule has 1 aliphatic carbocycles. The summed E-state index contributed by atoms with van der Waals surface area (Å²) in [5.74, 6) is 0.530. The second-order valence-corrected chi connectivity index (χ2v) is 5.51. The molecule has 0 amide bonds. The fourth-order valence-electron chi connectivity index (χ4n) is 2.53. The molecule has 6 heteroatoms. The van der Waals surface area contributed by atoms with Gasteiger partial charge in [-0.1, -0.05) is 20.3 Å². The van der Waals surface area contributed by atoms with E-state index in [2.05, 4.69) is 24.1 Å². The van der Waals surface area contributed by atoms with Crippen LogP contribution in [0.2, 0.25) is 0 Å². The van der Waals surface area contributed by atoms with Crippen LogP contribution in [0.5, 0.6) is 0 Å². The summed E-state index contributed by atoms with van der Waals surface area (Å²) < 4.78 is 0. The lowest BCUT2D eigenvalue weighted by Gasteiger charge is -2.28. The fourth-order valence-corrected chi connectivity index (χ4v) is 2.53. The Labute approximate surface area is 111 Å². The topological polar surface area (TPSA) is 91.9 Å². The van der Waals surface area contributed by atoms with Crippen molar-refractivity contribution in [3.05, 3.63) is 27.9 Å². The molecule has 1 unspecified atom stereocenters. The first-order chi connectivity index (χ1) is 8.94. The summed E-state index contributed by atoms with van der Waals surface area (Å²) in [6.45, 7) is 4.38. The largest absolute Gasteiger partial charge is 0.367 e. The first-order valence-electron chi connectivity index (χ1n) is 6.26. The van der Waals surface area contributed by atoms with Gasteiger partial charge in [-0.25, -0.2) is 4.98 Å². The van der Waals surface area contributed by atoms with Crippen molar-refractivity contribution in [2.75, 3.05) is 5.32 Å². The number of pyridine rings is 1. The number of aromatic nitrogens is 1. The van der Waals surface area contributed by atoms with E-state index in [0.29, 0.717) is 5.82 Å². The zero-order valence-corrected chi connectivity index (χ0v) is 11.0. The maximum atomic E-state index is 10.7. The van der Waals surface area contributed by atoms with Crippen LogP contribution in [0, 0.1) is 26.9 Å². The molecule has 0 spiro atoms. The van der Waals surface area contributed by atoms with Gasteiger partial charge in [0.2, 0.25) is 5.69 Å². The molecular weight excluding hydrogens is 244 g/mol. The molecule has 100 valence electrons. The summed E-state index contributed by atoms with van der Waals surface area (Å²) in [6, 6.07) is 4.95. The Bertz CT molecular complexity index is 548. The minimum absolute atomic E-state index is 0.147. The second-order valence-electron chi connectivity index (χ2n) is 5.51. The van der Waals surface area contributed by atoms with Crippen molar-refractivity contribution >= 4 is 11.5 Å². The van der Waals surface area contributed by atoms with Gasteiger partial charge in [0.1, 0.15) is 11.9 Å². The van der Waals surface area contributed by atoms with Gasteiger partial charge in [-0.2, -0.15) is 5.26 Å². The van der Waals surface area contributed by atoms with E-state index in [0.717, 1.165) is 19.3 Å². The molecule has 0 saturated heterocycles. The molecule has 1 N–H and O–H groups in total. The SMILES string of the molecule is CC1(C)CCCC1Nc1ccc([N+](=O)[O-])c(C#N)n1. The third-order valence-corrected chi connectivity index (χ3v) is 3.76. The molecule has 1 aromatic rings. The molecule has 19 heavy (non-hydrogen) atoms. The van der Waals surface area contributed by atoms with Gasteiger partial charge in [0.25, 0.3) is 0 Å². The maximum Gasteiger partial charge on any atom is 0.305 e. The lowest BCUT2D eigenvalue weighted by Crippen LogP contribution is -2.31. The van der Waals surface area contributed by atoms with Crippen molar-refractivity contribution in [2.45, 2.75) is 39.2 Å². The normalized spacial score (nSPS) is 20.8. The van der Waals surface area contributed by atoms with E-state index >= 15 is 0 Å². The summed E-state index contributed by atoms with van der Waals surface area (Å²) in [4.78, 5) is 14.2. The van der Waals surface area contributed by atoms with Crippen LogP contribution in [0.4, 0.5) is 11.5 Å². The highest BCUT2D eigenvalue weighted by molar-refractivity contribution is 5.50. The van der Waals surface area contributed by atoms with Crippen LogP contribution >= 0.6 is 0 Å². The molecule has 1 saturated carbocycles. The van der Waals surface area contributed by atoms with E-state index in [1.54, 1.807) is 12.1 Å². The number of nitro groups is 1. The van der Waals surface area contributed by atoms with Crippen molar-refractivity contribution in [1.29, 1.82) is 5.26 Å². The molecule has 1 atom stereocenters. The van der Waals surface area contributed by atoms with Crippen LogP contribution in [0.1, 0.15) is 38.8 Å². The van der Waals surface area contributed by atoms with Crippen molar-refractivity contribution in [2.24, 2.45) is 5.41 Å². The minimum Gasteiger partial charge on any atom is -0.367 e. The lowest BCUT2D eigenvalue weighted by atomic mass is 9.87. The monoisotopic (exact) mass is 260 g/mol. The van der Waals surface area contributed by atoms with E-state index in [1.165, 1.54) is 6.07 Å². The van der Waals surface area contributed by atoms with E-state index < -0.39 is 4.92 Å². The Morgan fingerprint density at radius 3 is 2.84 bits per heavy atom. The minimum atomic E-state index is -0.588. The molecule has 1 aromatic heterocycles. The first-order valence-corrected chi connectivity index (χ1v) is 6.26. The first kappa shape index (κ1) is 13.3. The number of nitrogens with one attached hydrogen (secondary N) is 1. The van der Waals surface area contributed by atoms with Crippen molar-refractivity contribution in [3.8, 4) is 6.07 Å². The zero-order valence-electron chi connectivity index (χ0n) is 11.0. The number of hydrogen-bond acceptors (Lipinski definition) is 5. The molecule has 2 rings (SSSR count). The van der Waals surface area contributed by atoms with Crippen LogP contribution in [0.3, 0.4) is 0 Å². The molecule has 0 aliphatic heterocycles. The van der Waals surface area contributed by atoms with Gasteiger partial charge in [0.15, 0.2) is 0 Å². The summed E-state index contributed by atoms with van der Waals surface area (Å²) in [5, 5.41) is 22.9. The van der Waals surface area contributed by atoms with Crippen LogP contribution in [-0.2, 0) is 0 Å². The fraction of sp³-hybridized carbons (Fsp3) is 0.538. The molecule has 1 fully saturated rings. The van der Waals surface area contributed by atoms with E-state index in [-0.39, 0.29) is 22.8 Å². The van der Waals surface area contributed by atoms with E-state index in [1.807, 2.05) is 0 Å². The third kappa shape index (κ3) is 2.65. The van der Waals surface area contributed by atoms with Gasteiger partial charge in [-0.05, 0) is 24.3 Å². The molecule has 0 bridgehead atoms. The summed E-state index contributed by atoms with van der Waals surface area (Å²) in [6.07, 6.45) is 3.35. The van der Waals surface area contributed by atoms with E-state index in [9.17, 15) is 10.1 Å². The number of hydrogen-bond donors (Lipinski definition) is 1. The summed E-state index contributed by atoms with van der Waals surface area (Å²) in [7, 11) is 0. The number of nitriles is 1. The highest BCUT2D eigenvalue weighted by Gasteiger charge is 2.34. The van der Waals surface area contributed by atoms with Crippen LogP contribution in [-0.4, -0.2) is 15.9 Å². The molecular formula is C13H16N4O2. The van der Waals surface area contributed by atoms with Gasteiger partial charge in [0.05, 0.1) is 4.92 Å². The van der Waals surface area contributed by atoms with Crippen molar-refractivity contribution in [1.82, 2.24) is 4.98 Å². The predicted molar refractivity (Wildman–Crippen MR) is 70.6 cm³/mol. The summed E-state index contributed by atoms with van der Waals surface area (Å²) in [5.41, 5.74) is -0.222. The average Bonchev–Trinajstić information content (AvgIpc) is 2.68. The third-order valence-electron chi connectivity index (χ3n) is 3.76. The molecule has 0 radical (unpaired) electrons. The zero-order chi connectivity index (χ0) is 14.0. The number of rotatable bonds is 3. The smallest absolute Gasteiger partial charge is 0.305 e. The Morgan fingerprint density at radius 1 is 1.58 bits per heavy atom. The highest BCUT2D eigenvalue weighted by atomic mass is 16.6. The Morgan fingerprint density at radius 2 is 2.32 bits per heavy atom. The standard InChI is InChI=1S/C13H16N4O2/c1-13(2)7-3-4-11(13)16-12-6-5-10(17(18)19)9(8-14)15-12/h5-6,11H,3-4,7H2,1-2H3,(H,15,16). The Balaban J connectivity index is 2.23. The Hall–Kier alpha value is -2.16. The van der Waals surface area contributed by atoms with Crippen LogP contribution in [0.25, 0.3) is 0 Å². The van der Waals surface area contributed by atoms with Gasteiger partial charge >= 0.3 is 5.69 Å². The number of anilines is 1. The van der Waals surface area contributed by atoms with Crippen LogP contribution < -0.4 is 5.32 Å². The maximum absolute atomic E-state index is 10.7. The Kier molecular flexibility index (Phi) is 3.38. The van der Waals surface area contributed by atoms with Gasteiger partial charge in [-0.3, -0.25) is 10.1 Å². The molecule has 0 aromatic carbocycles. The number of nitrogens with zero attached hydrogens (tertiary/aromatic N) is 3. The molecule has 6 nitrogen and oxygen atoms in total. The predicted octanol–water partition coefficient (Wildman–Crippen LogP) is 2.85. The van der Waals surface area contributed by atoms with Crippen molar-refractivity contribution in [3.63, 3.8) is 0 Å². The van der Waals surface area contributed by atoms with Crippen LogP contribution in [0.15, 0.2) is 12.1 Å². The highest BCUT2D eigenvalue weighted by Crippen LogP contribution is 2.38. The lowest BCUT2D eigenvalue weighted by molar-refractivity contribution is -0.385. The molecule has 1 aliphatic rings. The van der Waals surface area contributed by atoms with Gasteiger partial charge in [0, 0.05) is 12.1 Å². The molecule has 1 heterocycles. The van der Waals surface area contributed by atoms with Crippen molar-refractivity contribution < 1.29 is 4.92 Å². The second kappa shape index (κ2) is 4.84. The summed E-state index contributed by atoms with van der Waals surface area (Å²) >= 11 is 0. The quantitative estimate of drug-likeness (QED) is 0.666. The van der Waals surface area contributed by atoms with E-state index in [4.69, 9.17) is 5.26 Å².